The standard InChI is InChI=1S/C10H18F3N3O2/c1-18-7-3-2-4-16(5-7)6-8(9(14)15-17)10(11,12)13/h7-8,17H,2-6H2,1H3,(H2,14,15). The van der Waals surface area contributed by atoms with Crippen LogP contribution in [-0.2, 0) is 4.74 Å². The van der Waals surface area contributed by atoms with Gasteiger partial charge in [-0.2, -0.15) is 13.2 Å². The molecule has 1 aliphatic rings. The van der Waals surface area contributed by atoms with Gasteiger partial charge in [0, 0.05) is 20.2 Å². The summed E-state index contributed by atoms with van der Waals surface area (Å²) in [4.78, 5) is 1.63. The normalized spacial score (nSPS) is 25.1. The molecule has 0 aromatic rings. The molecule has 0 aliphatic carbocycles. The maximum atomic E-state index is 12.8. The summed E-state index contributed by atoms with van der Waals surface area (Å²) >= 11 is 0. The van der Waals surface area contributed by atoms with Crippen molar-refractivity contribution in [3.05, 3.63) is 0 Å². The summed E-state index contributed by atoms with van der Waals surface area (Å²) in [5, 5.41) is 10.9. The van der Waals surface area contributed by atoms with E-state index in [4.69, 9.17) is 15.7 Å². The number of methoxy groups -OCH3 is 1. The fourth-order valence-electron chi connectivity index (χ4n) is 2.06. The van der Waals surface area contributed by atoms with E-state index >= 15 is 0 Å². The third-order valence-electron chi connectivity index (χ3n) is 3.10. The monoisotopic (exact) mass is 269 g/mol. The Bertz CT molecular complexity index is 297. The number of halogens is 3. The van der Waals surface area contributed by atoms with Crippen molar-refractivity contribution in [3.63, 3.8) is 0 Å². The van der Waals surface area contributed by atoms with Crippen LogP contribution < -0.4 is 5.73 Å². The van der Waals surface area contributed by atoms with Crippen molar-refractivity contribution in [2.24, 2.45) is 16.8 Å². The Labute approximate surface area is 103 Å². The second kappa shape index (κ2) is 6.24. The molecule has 1 rings (SSSR count). The highest BCUT2D eigenvalue weighted by atomic mass is 19.4. The number of hydrogen-bond acceptors (Lipinski definition) is 4. The molecule has 8 heteroatoms. The molecule has 3 N–H and O–H groups in total. The predicted molar refractivity (Wildman–Crippen MR) is 59.4 cm³/mol. The van der Waals surface area contributed by atoms with Gasteiger partial charge in [-0.15, -0.1) is 0 Å². The molecule has 2 atom stereocenters. The molecule has 0 aromatic heterocycles. The molecule has 1 saturated heterocycles. The van der Waals surface area contributed by atoms with Gasteiger partial charge in [0.15, 0.2) is 5.84 Å². The Morgan fingerprint density at radius 3 is 2.78 bits per heavy atom. The maximum Gasteiger partial charge on any atom is 0.400 e. The van der Waals surface area contributed by atoms with E-state index in [0.29, 0.717) is 13.1 Å². The van der Waals surface area contributed by atoms with Crippen LogP contribution in [0.4, 0.5) is 13.2 Å². The first-order valence-electron chi connectivity index (χ1n) is 5.67. The fraction of sp³-hybridized carbons (Fsp3) is 0.900. The second-order valence-corrected chi connectivity index (χ2v) is 4.38. The highest BCUT2D eigenvalue weighted by Crippen LogP contribution is 2.28. The van der Waals surface area contributed by atoms with Crippen LogP contribution >= 0.6 is 0 Å². The lowest BCUT2D eigenvalue weighted by Crippen LogP contribution is -2.48. The first-order valence-corrected chi connectivity index (χ1v) is 5.67. The first kappa shape index (κ1) is 15.0. The minimum Gasteiger partial charge on any atom is -0.409 e. The van der Waals surface area contributed by atoms with Gasteiger partial charge >= 0.3 is 6.18 Å². The highest BCUT2D eigenvalue weighted by molar-refractivity contribution is 5.83. The van der Waals surface area contributed by atoms with E-state index in [-0.39, 0.29) is 12.6 Å². The number of nitrogens with two attached hydrogens (primary N) is 1. The van der Waals surface area contributed by atoms with Crippen LogP contribution in [0.25, 0.3) is 0 Å². The lowest BCUT2D eigenvalue weighted by atomic mass is 10.0. The Morgan fingerprint density at radius 1 is 1.61 bits per heavy atom. The number of hydrogen-bond donors (Lipinski definition) is 2. The fourth-order valence-corrected chi connectivity index (χ4v) is 2.06. The minimum atomic E-state index is -4.52. The van der Waals surface area contributed by atoms with Gasteiger partial charge in [-0.25, -0.2) is 0 Å². The van der Waals surface area contributed by atoms with Crippen LogP contribution in [0.1, 0.15) is 12.8 Å². The molecule has 0 aromatic carbocycles. The largest absolute Gasteiger partial charge is 0.409 e. The van der Waals surface area contributed by atoms with Crippen LogP contribution in [0.5, 0.6) is 0 Å². The molecule has 18 heavy (non-hydrogen) atoms. The number of likely N-dealkylation sites (tertiary alicyclic amines) is 1. The molecule has 2 unspecified atom stereocenters. The molecule has 106 valence electrons. The van der Waals surface area contributed by atoms with Gasteiger partial charge in [0.2, 0.25) is 0 Å². The highest BCUT2D eigenvalue weighted by Gasteiger charge is 2.44. The Kier molecular flexibility index (Phi) is 5.21. The Morgan fingerprint density at radius 2 is 2.28 bits per heavy atom. The van der Waals surface area contributed by atoms with E-state index in [0.717, 1.165) is 12.8 Å². The summed E-state index contributed by atoms with van der Waals surface area (Å²) in [5.74, 6) is -2.75. The zero-order valence-corrected chi connectivity index (χ0v) is 10.2. The number of piperidine rings is 1. The van der Waals surface area contributed by atoms with Crippen LogP contribution in [0, 0.1) is 5.92 Å². The van der Waals surface area contributed by atoms with Gasteiger partial charge < -0.3 is 15.7 Å². The van der Waals surface area contributed by atoms with E-state index in [9.17, 15) is 13.2 Å². The number of nitrogens with zero attached hydrogens (tertiary/aromatic N) is 2. The minimum absolute atomic E-state index is 0.0556. The molecule has 0 saturated carbocycles. The summed E-state index contributed by atoms with van der Waals surface area (Å²) in [5.41, 5.74) is 5.11. The van der Waals surface area contributed by atoms with Crippen molar-refractivity contribution in [2.45, 2.75) is 25.1 Å². The van der Waals surface area contributed by atoms with Crippen molar-refractivity contribution in [1.29, 1.82) is 0 Å². The van der Waals surface area contributed by atoms with Crippen molar-refractivity contribution in [3.8, 4) is 0 Å². The topological polar surface area (TPSA) is 71.1 Å². The molecular weight excluding hydrogens is 251 g/mol. The lowest BCUT2D eigenvalue weighted by molar-refractivity contribution is -0.162. The van der Waals surface area contributed by atoms with Gasteiger partial charge in [-0.1, -0.05) is 5.16 Å². The molecule has 1 fully saturated rings. The number of ether oxygens (including phenoxy) is 1. The number of amidine groups is 1. The SMILES string of the molecule is COC1CCCN(CC(C(N)=NO)C(F)(F)F)C1. The summed E-state index contributed by atoms with van der Waals surface area (Å²) in [7, 11) is 1.54. The lowest BCUT2D eigenvalue weighted by Gasteiger charge is -2.34. The predicted octanol–water partition coefficient (Wildman–Crippen LogP) is 1.02. The van der Waals surface area contributed by atoms with E-state index in [1.165, 1.54) is 0 Å². The molecule has 0 bridgehead atoms. The van der Waals surface area contributed by atoms with Crippen LogP contribution in [0.3, 0.4) is 0 Å². The number of oxime groups is 1. The smallest absolute Gasteiger partial charge is 0.400 e. The Hall–Kier alpha value is -1.02. The second-order valence-electron chi connectivity index (χ2n) is 4.38. The van der Waals surface area contributed by atoms with Crippen LogP contribution in [0.15, 0.2) is 5.16 Å². The van der Waals surface area contributed by atoms with Crippen LogP contribution in [0.2, 0.25) is 0 Å². The van der Waals surface area contributed by atoms with Crippen molar-refractivity contribution in [1.82, 2.24) is 4.90 Å². The summed E-state index contributed by atoms with van der Waals surface area (Å²) < 4.78 is 43.4. The summed E-state index contributed by atoms with van der Waals surface area (Å²) in [6, 6.07) is 0. The summed E-state index contributed by atoms with van der Waals surface area (Å²) in [6.07, 6.45) is -2.96. The van der Waals surface area contributed by atoms with Crippen molar-refractivity contribution >= 4 is 5.84 Å². The maximum absolute atomic E-state index is 12.8. The molecule has 1 aliphatic heterocycles. The molecule has 0 spiro atoms. The molecular formula is C10H18F3N3O2. The third-order valence-corrected chi connectivity index (χ3v) is 3.10. The number of alkyl halides is 3. The van der Waals surface area contributed by atoms with Gasteiger partial charge in [0.25, 0.3) is 0 Å². The average molecular weight is 269 g/mol. The van der Waals surface area contributed by atoms with Crippen molar-refractivity contribution in [2.75, 3.05) is 26.7 Å². The first-order chi connectivity index (χ1) is 8.38. The number of rotatable bonds is 4. The van der Waals surface area contributed by atoms with Crippen molar-refractivity contribution < 1.29 is 23.1 Å². The van der Waals surface area contributed by atoms with E-state index in [1.54, 1.807) is 12.0 Å². The average Bonchev–Trinajstić information content (AvgIpc) is 2.34. The van der Waals surface area contributed by atoms with E-state index in [1.807, 2.05) is 0 Å². The van der Waals surface area contributed by atoms with E-state index in [2.05, 4.69) is 5.16 Å². The summed E-state index contributed by atoms with van der Waals surface area (Å²) in [6.45, 7) is 0.687. The van der Waals surface area contributed by atoms with Gasteiger partial charge in [0.05, 0.1) is 6.10 Å². The zero-order valence-electron chi connectivity index (χ0n) is 10.2. The molecule has 0 radical (unpaired) electrons. The van der Waals surface area contributed by atoms with Crippen LogP contribution in [-0.4, -0.2) is 55.0 Å². The van der Waals surface area contributed by atoms with Gasteiger partial charge in [0.1, 0.15) is 5.92 Å². The van der Waals surface area contributed by atoms with E-state index < -0.39 is 17.9 Å². The molecule has 0 amide bonds. The van der Waals surface area contributed by atoms with Gasteiger partial charge in [-0.3, -0.25) is 4.90 Å². The third kappa shape index (κ3) is 4.02. The zero-order chi connectivity index (χ0) is 13.8. The molecule has 5 nitrogen and oxygen atoms in total. The van der Waals surface area contributed by atoms with Gasteiger partial charge in [-0.05, 0) is 19.4 Å². The quantitative estimate of drug-likeness (QED) is 0.346. The molecule has 1 heterocycles. The Balaban J connectivity index is 2.66.